The first-order chi connectivity index (χ1) is 11.7. The zero-order chi connectivity index (χ0) is 18.6. The molecule has 0 aliphatic heterocycles. The Morgan fingerprint density at radius 3 is 2.44 bits per heavy atom. The Kier molecular flexibility index (Phi) is 6.49. The smallest absolute Gasteiger partial charge is 0.411 e. The summed E-state index contributed by atoms with van der Waals surface area (Å²) in [6.07, 6.45) is 2.61. The van der Waals surface area contributed by atoms with Crippen molar-refractivity contribution >= 4 is 21.6 Å². The lowest BCUT2D eigenvalue weighted by atomic mass is 9.75. The average molecular weight is 368 g/mol. The molecule has 0 radical (unpaired) electrons. The molecule has 1 aliphatic carbocycles. The predicted octanol–water partition coefficient (Wildman–Crippen LogP) is 4.49. The van der Waals surface area contributed by atoms with Gasteiger partial charge in [-0.3, -0.25) is 5.32 Å². The molecule has 0 bridgehead atoms. The number of benzene rings is 1. The van der Waals surface area contributed by atoms with Gasteiger partial charge in [0, 0.05) is 5.69 Å². The lowest BCUT2D eigenvalue weighted by Gasteiger charge is -2.36. The quantitative estimate of drug-likeness (QED) is 0.832. The van der Waals surface area contributed by atoms with E-state index in [1.165, 1.54) is 18.6 Å². The zero-order valence-corrected chi connectivity index (χ0v) is 16.3. The molecule has 5 nitrogen and oxygen atoms in total. The number of carbonyl (C=O) groups excluding carboxylic acids is 1. The van der Waals surface area contributed by atoms with Gasteiger partial charge in [0.2, 0.25) is 0 Å². The average Bonchev–Trinajstić information content (AvgIpc) is 2.55. The molecule has 1 aliphatic rings. The second-order valence-corrected chi connectivity index (χ2v) is 9.60. The monoisotopic (exact) mass is 367 g/mol. The molecule has 0 saturated heterocycles. The van der Waals surface area contributed by atoms with Gasteiger partial charge in [-0.2, -0.15) is 0 Å². The van der Waals surface area contributed by atoms with Crippen molar-refractivity contribution in [1.82, 2.24) is 0 Å². The van der Waals surface area contributed by atoms with Crippen molar-refractivity contribution in [3.8, 4) is 0 Å². The Hall–Kier alpha value is -1.56. The number of hydrogen-bond donors (Lipinski definition) is 1. The molecule has 3 atom stereocenters. The van der Waals surface area contributed by atoms with Crippen LogP contribution in [-0.4, -0.2) is 26.4 Å². The van der Waals surface area contributed by atoms with E-state index in [1.54, 1.807) is 19.1 Å². The molecule has 1 amide bonds. The van der Waals surface area contributed by atoms with E-state index in [2.05, 4.69) is 26.1 Å². The van der Waals surface area contributed by atoms with E-state index in [0.29, 0.717) is 23.4 Å². The van der Waals surface area contributed by atoms with Gasteiger partial charge in [0.15, 0.2) is 9.84 Å². The SMILES string of the molecule is CCS(=O)(=O)c1ccc(NC(=O)O[C@H]2C[C@@H](C)CC[C@@H]2C(C)C)cc1. The minimum atomic E-state index is -3.23. The van der Waals surface area contributed by atoms with Crippen molar-refractivity contribution in [2.75, 3.05) is 11.1 Å². The summed E-state index contributed by atoms with van der Waals surface area (Å²) in [6, 6.07) is 6.20. The summed E-state index contributed by atoms with van der Waals surface area (Å²) in [5, 5.41) is 2.70. The van der Waals surface area contributed by atoms with Crippen molar-refractivity contribution < 1.29 is 17.9 Å². The first-order valence-corrected chi connectivity index (χ1v) is 10.7. The fraction of sp³-hybridized carbons (Fsp3) is 0.632. The maximum absolute atomic E-state index is 12.2. The van der Waals surface area contributed by atoms with Gasteiger partial charge in [0.25, 0.3) is 0 Å². The van der Waals surface area contributed by atoms with E-state index < -0.39 is 15.9 Å². The fourth-order valence-corrected chi connectivity index (χ4v) is 4.33. The summed E-state index contributed by atoms with van der Waals surface area (Å²) in [7, 11) is -3.23. The van der Waals surface area contributed by atoms with Gasteiger partial charge < -0.3 is 4.74 Å². The largest absolute Gasteiger partial charge is 0.446 e. The molecule has 1 aromatic carbocycles. The van der Waals surface area contributed by atoms with Gasteiger partial charge in [-0.15, -0.1) is 0 Å². The highest BCUT2D eigenvalue weighted by atomic mass is 32.2. The molecule has 1 saturated carbocycles. The summed E-state index contributed by atoms with van der Waals surface area (Å²) in [5.41, 5.74) is 0.532. The maximum Gasteiger partial charge on any atom is 0.411 e. The van der Waals surface area contributed by atoms with Crippen LogP contribution in [0, 0.1) is 17.8 Å². The third-order valence-electron chi connectivity index (χ3n) is 5.06. The van der Waals surface area contributed by atoms with Crippen LogP contribution in [0.25, 0.3) is 0 Å². The van der Waals surface area contributed by atoms with Crippen molar-refractivity contribution in [3.05, 3.63) is 24.3 Å². The van der Waals surface area contributed by atoms with E-state index in [4.69, 9.17) is 4.74 Å². The number of sulfone groups is 1. The first kappa shape index (κ1) is 19.8. The molecule has 1 N–H and O–H groups in total. The van der Waals surface area contributed by atoms with Crippen LogP contribution in [0.5, 0.6) is 0 Å². The Morgan fingerprint density at radius 2 is 1.88 bits per heavy atom. The number of carbonyl (C=O) groups is 1. The van der Waals surface area contributed by atoms with Crippen LogP contribution >= 0.6 is 0 Å². The summed E-state index contributed by atoms with van der Waals surface area (Å²) >= 11 is 0. The number of rotatable bonds is 5. The third kappa shape index (κ3) is 5.21. The van der Waals surface area contributed by atoms with Crippen molar-refractivity contribution in [2.24, 2.45) is 17.8 Å². The summed E-state index contributed by atoms with van der Waals surface area (Å²) in [6.45, 7) is 8.14. The van der Waals surface area contributed by atoms with Crippen LogP contribution in [0.1, 0.15) is 47.0 Å². The second-order valence-electron chi connectivity index (χ2n) is 7.32. The van der Waals surface area contributed by atoms with Crippen LogP contribution in [-0.2, 0) is 14.6 Å². The number of hydrogen-bond acceptors (Lipinski definition) is 4. The van der Waals surface area contributed by atoms with Gasteiger partial charge in [0.05, 0.1) is 10.6 Å². The Labute approximate surface area is 151 Å². The van der Waals surface area contributed by atoms with Gasteiger partial charge in [-0.25, -0.2) is 13.2 Å². The molecule has 0 spiro atoms. The molecule has 6 heteroatoms. The maximum atomic E-state index is 12.2. The first-order valence-electron chi connectivity index (χ1n) is 9.03. The Morgan fingerprint density at radius 1 is 1.24 bits per heavy atom. The number of nitrogens with one attached hydrogen (secondary N) is 1. The highest BCUT2D eigenvalue weighted by Gasteiger charge is 2.33. The molecule has 0 heterocycles. The van der Waals surface area contributed by atoms with Crippen molar-refractivity contribution in [3.63, 3.8) is 0 Å². The van der Waals surface area contributed by atoms with Crippen LogP contribution in [0.4, 0.5) is 10.5 Å². The van der Waals surface area contributed by atoms with Crippen molar-refractivity contribution in [1.29, 1.82) is 0 Å². The Balaban J connectivity index is 1.99. The molecule has 1 aromatic rings. The molecule has 0 aromatic heterocycles. The highest BCUT2D eigenvalue weighted by Crippen LogP contribution is 2.35. The molecule has 0 unspecified atom stereocenters. The summed E-state index contributed by atoms with van der Waals surface area (Å²) < 4.78 is 29.3. The number of anilines is 1. The van der Waals surface area contributed by atoms with Crippen LogP contribution in [0.15, 0.2) is 29.2 Å². The highest BCUT2D eigenvalue weighted by molar-refractivity contribution is 7.91. The molecular weight excluding hydrogens is 338 g/mol. The molecular formula is C19H29NO4S. The van der Waals surface area contributed by atoms with Gasteiger partial charge in [-0.1, -0.05) is 34.1 Å². The Bertz CT molecular complexity index is 682. The van der Waals surface area contributed by atoms with Crippen LogP contribution in [0.3, 0.4) is 0 Å². The summed E-state index contributed by atoms with van der Waals surface area (Å²) in [4.78, 5) is 12.5. The minimum Gasteiger partial charge on any atom is -0.446 e. The standard InChI is InChI=1S/C19H29NO4S/c1-5-25(22,23)16-9-7-15(8-10-16)20-19(21)24-18-12-14(4)6-11-17(18)13(2)3/h7-10,13-14,17-18H,5-6,11-12H2,1-4H3,(H,20,21)/t14-,17+,18-/m0/s1. The van der Waals surface area contributed by atoms with E-state index in [0.717, 1.165) is 12.8 Å². The third-order valence-corrected chi connectivity index (χ3v) is 6.81. The number of ether oxygens (including phenoxy) is 1. The van der Waals surface area contributed by atoms with Gasteiger partial charge in [-0.05, 0) is 54.9 Å². The summed E-state index contributed by atoms with van der Waals surface area (Å²) in [5.74, 6) is 1.48. The topological polar surface area (TPSA) is 72.5 Å². The van der Waals surface area contributed by atoms with Crippen LogP contribution in [0.2, 0.25) is 0 Å². The lowest BCUT2D eigenvalue weighted by Crippen LogP contribution is -2.36. The molecule has 2 rings (SSSR count). The second kappa shape index (κ2) is 8.21. The predicted molar refractivity (Wildman–Crippen MR) is 99.4 cm³/mol. The lowest BCUT2D eigenvalue weighted by molar-refractivity contribution is 0.0126. The zero-order valence-electron chi connectivity index (χ0n) is 15.5. The minimum absolute atomic E-state index is 0.0538. The normalized spacial score (nSPS) is 24.1. The molecule has 140 valence electrons. The van der Waals surface area contributed by atoms with Crippen molar-refractivity contribution in [2.45, 2.75) is 58.0 Å². The van der Waals surface area contributed by atoms with E-state index in [9.17, 15) is 13.2 Å². The van der Waals surface area contributed by atoms with Gasteiger partial charge >= 0.3 is 6.09 Å². The van der Waals surface area contributed by atoms with Crippen LogP contribution < -0.4 is 5.32 Å². The molecule has 1 fully saturated rings. The van der Waals surface area contributed by atoms with E-state index in [-0.39, 0.29) is 16.8 Å². The number of amides is 1. The van der Waals surface area contributed by atoms with E-state index in [1.807, 2.05) is 0 Å². The van der Waals surface area contributed by atoms with Gasteiger partial charge in [0.1, 0.15) is 6.10 Å². The fourth-order valence-electron chi connectivity index (χ4n) is 3.45. The van der Waals surface area contributed by atoms with E-state index >= 15 is 0 Å². The molecule has 25 heavy (non-hydrogen) atoms.